The van der Waals surface area contributed by atoms with Gasteiger partial charge in [-0.1, -0.05) is 27.7 Å². The highest BCUT2D eigenvalue weighted by Gasteiger charge is 2.32. The molecule has 0 fully saturated rings. The molecule has 0 aromatic rings. The zero-order valence-electron chi connectivity index (χ0n) is 18.7. The summed E-state index contributed by atoms with van der Waals surface area (Å²) in [6.07, 6.45) is -1.14. The summed E-state index contributed by atoms with van der Waals surface area (Å²) in [6, 6.07) is -5.26. The van der Waals surface area contributed by atoms with E-state index in [2.05, 4.69) is 16.0 Å². The molecule has 32 heavy (non-hydrogen) atoms. The fraction of sp³-hybridized carbons (Fsp3) is 0.684. The molecule has 0 saturated heterocycles. The van der Waals surface area contributed by atoms with Gasteiger partial charge in [-0.15, -0.1) is 0 Å². The maximum absolute atomic E-state index is 12.7. The van der Waals surface area contributed by atoms with E-state index < -0.39 is 72.5 Å². The molecule has 0 aromatic heterocycles. The molecule has 0 radical (unpaired) electrons. The zero-order chi connectivity index (χ0) is 25.2. The second-order valence-electron chi connectivity index (χ2n) is 8.26. The molecule has 182 valence electrons. The second kappa shape index (κ2) is 13.2. The van der Waals surface area contributed by atoms with Crippen molar-refractivity contribution in [3.63, 3.8) is 0 Å². The summed E-state index contributed by atoms with van der Waals surface area (Å²) in [6.45, 7) is 6.86. The Morgan fingerprint density at radius 1 is 0.719 bits per heavy atom. The predicted molar refractivity (Wildman–Crippen MR) is 113 cm³/mol. The van der Waals surface area contributed by atoms with Gasteiger partial charge in [-0.2, -0.15) is 0 Å². The van der Waals surface area contributed by atoms with E-state index in [-0.39, 0.29) is 18.3 Å². The third-order valence-electron chi connectivity index (χ3n) is 4.42. The van der Waals surface area contributed by atoms with Crippen LogP contribution in [0.5, 0.6) is 0 Å². The van der Waals surface area contributed by atoms with Gasteiger partial charge in [0.15, 0.2) is 0 Å². The Labute approximate surface area is 186 Å². The number of rotatable bonds is 14. The van der Waals surface area contributed by atoms with Crippen LogP contribution in [0, 0.1) is 11.8 Å². The highest BCUT2D eigenvalue weighted by atomic mass is 16.4. The molecule has 4 unspecified atom stereocenters. The van der Waals surface area contributed by atoms with Gasteiger partial charge in [0.25, 0.3) is 0 Å². The number of carbonyl (C=O) groups is 6. The number of nitrogens with two attached hydrogens (primary N) is 3. The quantitative estimate of drug-likeness (QED) is 0.144. The number of primary amides is 2. The molecule has 0 heterocycles. The summed E-state index contributed by atoms with van der Waals surface area (Å²) in [5, 5.41) is 16.1. The second-order valence-corrected chi connectivity index (χ2v) is 8.26. The standard InChI is InChI=1S/C19H34N6O7/c1-8(2)5-12(19(31)32)25-17(29)10(6-13(20)26)23-16(28)11(7-14(21)27)24-18(30)15(22)9(3)4/h8-12,15H,5-7,22H2,1-4H3,(H2,20,26)(H2,21,27)(H,23,28)(H,24,30)(H,25,29)(H,31,32). The van der Waals surface area contributed by atoms with Crippen molar-refractivity contribution < 1.29 is 33.9 Å². The van der Waals surface area contributed by atoms with Gasteiger partial charge in [-0.3, -0.25) is 24.0 Å². The van der Waals surface area contributed by atoms with Crippen molar-refractivity contribution in [2.45, 2.75) is 71.1 Å². The molecule has 13 nitrogen and oxygen atoms in total. The van der Waals surface area contributed by atoms with Crippen molar-refractivity contribution in [1.82, 2.24) is 16.0 Å². The first-order valence-electron chi connectivity index (χ1n) is 10.1. The summed E-state index contributed by atoms with van der Waals surface area (Å²) in [5.74, 6) is -6.17. The number of hydrogen-bond donors (Lipinski definition) is 7. The van der Waals surface area contributed by atoms with Crippen LogP contribution < -0.4 is 33.2 Å². The highest BCUT2D eigenvalue weighted by molar-refractivity contribution is 5.97. The molecular formula is C19H34N6O7. The van der Waals surface area contributed by atoms with Crippen molar-refractivity contribution in [3.05, 3.63) is 0 Å². The lowest BCUT2D eigenvalue weighted by atomic mass is 10.0. The molecule has 0 spiro atoms. The molecule has 0 aliphatic heterocycles. The molecule has 13 heteroatoms. The lowest BCUT2D eigenvalue weighted by molar-refractivity contribution is -0.143. The Bertz CT molecular complexity index is 725. The molecule has 0 saturated carbocycles. The maximum Gasteiger partial charge on any atom is 0.326 e. The van der Waals surface area contributed by atoms with Gasteiger partial charge in [-0.25, -0.2) is 4.79 Å². The molecule has 4 atom stereocenters. The van der Waals surface area contributed by atoms with Gasteiger partial charge in [-0.05, 0) is 18.3 Å². The van der Waals surface area contributed by atoms with Crippen molar-refractivity contribution in [2.24, 2.45) is 29.0 Å². The van der Waals surface area contributed by atoms with Gasteiger partial charge in [0.2, 0.25) is 29.5 Å². The molecule has 0 rings (SSSR count). The third-order valence-corrected chi connectivity index (χ3v) is 4.42. The van der Waals surface area contributed by atoms with Crippen LogP contribution in [0.4, 0.5) is 0 Å². The summed E-state index contributed by atoms with van der Waals surface area (Å²) < 4.78 is 0. The number of carboxylic acids is 1. The van der Waals surface area contributed by atoms with E-state index in [1.807, 2.05) is 0 Å². The fourth-order valence-electron chi connectivity index (χ4n) is 2.63. The van der Waals surface area contributed by atoms with Crippen LogP contribution in [0.2, 0.25) is 0 Å². The molecular weight excluding hydrogens is 424 g/mol. The highest BCUT2D eigenvalue weighted by Crippen LogP contribution is 2.07. The summed E-state index contributed by atoms with van der Waals surface area (Å²) in [7, 11) is 0. The van der Waals surface area contributed by atoms with Crippen molar-refractivity contribution in [2.75, 3.05) is 0 Å². The molecule has 0 aromatic carbocycles. The number of amides is 5. The zero-order valence-corrected chi connectivity index (χ0v) is 18.7. The van der Waals surface area contributed by atoms with Crippen LogP contribution >= 0.6 is 0 Å². The van der Waals surface area contributed by atoms with Crippen LogP contribution in [-0.4, -0.2) is 64.8 Å². The summed E-state index contributed by atoms with van der Waals surface area (Å²) >= 11 is 0. The minimum atomic E-state index is -1.54. The predicted octanol–water partition coefficient (Wildman–Crippen LogP) is -2.69. The van der Waals surface area contributed by atoms with Crippen LogP contribution in [0.15, 0.2) is 0 Å². The summed E-state index contributed by atoms with van der Waals surface area (Å²) in [5.41, 5.74) is 16.0. The Hall–Kier alpha value is -3.22. The maximum atomic E-state index is 12.7. The first-order valence-corrected chi connectivity index (χ1v) is 10.1. The lowest BCUT2D eigenvalue weighted by Crippen LogP contribution is -2.58. The SMILES string of the molecule is CC(C)CC(NC(=O)C(CC(N)=O)NC(=O)C(CC(N)=O)NC(=O)C(N)C(C)C)C(=O)O. The first-order chi connectivity index (χ1) is 14.6. The minimum absolute atomic E-state index is 0.0686. The Kier molecular flexibility index (Phi) is 11.9. The molecule has 10 N–H and O–H groups in total. The number of carbonyl (C=O) groups excluding carboxylic acids is 5. The topological polar surface area (TPSA) is 237 Å². The lowest BCUT2D eigenvalue weighted by Gasteiger charge is -2.25. The smallest absolute Gasteiger partial charge is 0.326 e. The van der Waals surface area contributed by atoms with E-state index in [0.717, 1.165) is 0 Å². The van der Waals surface area contributed by atoms with Crippen LogP contribution in [-0.2, 0) is 28.8 Å². The van der Waals surface area contributed by atoms with E-state index in [1.54, 1.807) is 27.7 Å². The number of nitrogens with one attached hydrogen (secondary N) is 3. The minimum Gasteiger partial charge on any atom is -0.480 e. The molecule has 5 amide bonds. The van der Waals surface area contributed by atoms with Crippen LogP contribution in [0.25, 0.3) is 0 Å². The number of aliphatic carboxylic acids is 1. The largest absolute Gasteiger partial charge is 0.480 e. The normalized spacial score (nSPS) is 14.7. The van der Waals surface area contributed by atoms with Gasteiger partial charge in [0.05, 0.1) is 18.9 Å². The molecule has 0 aliphatic rings. The first kappa shape index (κ1) is 28.8. The van der Waals surface area contributed by atoms with Gasteiger partial charge in [0, 0.05) is 0 Å². The van der Waals surface area contributed by atoms with Crippen molar-refractivity contribution in [1.29, 1.82) is 0 Å². The van der Waals surface area contributed by atoms with Gasteiger partial charge >= 0.3 is 5.97 Å². The fourth-order valence-corrected chi connectivity index (χ4v) is 2.63. The van der Waals surface area contributed by atoms with E-state index in [0.29, 0.717) is 0 Å². The van der Waals surface area contributed by atoms with E-state index >= 15 is 0 Å². The molecule has 0 bridgehead atoms. The van der Waals surface area contributed by atoms with E-state index in [1.165, 1.54) is 0 Å². The Morgan fingerprint density at radius 3 is 1.41 bits per heavy atom. The van der Waals surface area contributed by atoms with Crippen LogP contribution in [0.1, 0.15) is 47.0 Å². The average Bonchev–Trinajstić information content (AvgIpc) is 2.64. The van der Waals surface area contributed by atoms with Crippen molar-refractivity contribution in [3.8, 4) is 0 Å². The van der Waals surface area contributed by atoms with Crippen molar-refractivity contribution >= 4 is 35.5 Å². The van der Waals surface area contributed by atoms with Crippen LogP contribution in [0.3, 0.4) is 0 Å². The van der Waals surface area contributed by atoms with E-state index in [9.17, 15) is 33.9 Å². The number of hydrogen-bond acceptors (Lipinski definition) is 7. The Balaban J connectivity index is 5.56. The van der Waals surface area contributed by atoms with Gasteiger partial charge in [0.1, 0.15) is 18.1 Å². The van der Waals surface area contributed by atoms with Gasteiger partial charge < -0.3 is 38.3 Å². The van der Waals surface area contributed by atoms with E-state index in [4.69, 9.17) is 17.2 Å². The third kappa shape index (κ3) is 10.7. The monoisotopic (exact) mass is 458 g/mol. The average molecular weight is 459 g/mol. The number of carboxylic acid groups (broad SMARTS) is 1. The Morgan fingerprint density at radius 2 is 1.09 bits per heavy atom. The summed E-state index contributed by atoms with van der Waals surface area (Å²) in [4.78, 5) is 71.6. The molecule has 0 aliphatic carbocycles.